The van der Waals surface area contributed by atoms with Crippen molar-refractivity contribution in [3.8, 4) is 5.88 Å². The number of hydrogen-bond donors (Lipinski definition) is 2. The van der Waals surface area contributed by atoms with Crippen LogP contribution in [0.4, 0.5) is 0 Å². The van der Waals surface area contributed by atoms with E-state index in [1.165, 1.54) is 7.11 Å². The first-order valence-electron chi connectivity index (χ1n) is 5.08. The normalized spacial score (nSPS) is 12.7. The molecule has 0 fully saturated rings. The zero-order chi connectivity index (χ0) is 12.3. The molecule has 2 N–H and O–H groups in total. The lowest BCUT2D eigenvalue weighted by Gasteiger charge is -2.16. The Labute approximate surface area is 92.5 Å². The van der Waals surface area contributed by atoms with Crippen molar-refractivity contribution >= 4 is 0 Å². The van der Waals surface area contributed by atoms with Gasteiger partial charge < -0.3 is 9.84 Å². The van der Waals surface area contributed by atoms with Gasteiger partial charge in [-0.3, -0.25) is 14.3 Å². The van der Waals surface area contributed by atoms with Crippen molar-refractivity contribution in [2.75, 3.05) is 13.7 Å². The minimum absolute atomic E-state index is 0.211. The minimum atomic E-state index is -0.621. The zero-order valence-electron chi connectivity index (χ0n) is 9.61. The number of aromatic amines is 1. The van der Waals surface area contributed by atoms with Crippen molar-refractivity contribution < 1.29 is 9.84 Å². The van der Waals surface area contributed by atoms with Crippen LogP contribution >= 0.6 is 0 Å². The van der Waals surface area contributed by atoms with Crippen molar-refractivity contribution in [3.63, 3.8) is 0 Å². The molecule has 0 amide bonds. The van der Waals surface area contributed by atoms with Gasteiger partial charge in [0, 0.05) is 7.11 Å². The highest BCUT2D eigenvalue weighted by Crippen LogP contribution is 2.15. The summed E-state index contributed by atoms with van der Waals surface area (Å²) in [5.74, 6) is -0.277. The first-order chi connectivity index (χ1) is 7.52. The molecule has 0 aromatic carbocycles. The van der Waals surface area contributed by atoms with E-state index in [9.17, 15) is 14.7 Å². The molecule has 1 unspecified atom stereocenters. The van der Waals surface area contributed by atoms with Gasteiger partial charge in [0.05, 0.1) is 18.2 Å². The molecule has 0 aliphatic carbocycles. The number of hydrogen-bond acceptors (Lipinski definition) is 4. The van der Waals surface area contributed by atoms with Gasteiger partial charge in [-0.2, -0.15) is 0 Å². The second kappa shape index (κ2) is 4.98. The van der Waals surface area contributed by atoms with Crippen molar-refractivity contribution in [1.29, 1.82) is 0 Å². The molecular formula is C10H16N2O4. The number of nitrogens with one attached hydrogen (secondary N) is 1. The standard InChI is InChI=1S/C10H16N2O4/c1-4-7-8(13)11-10(15)12(9(7)14)6(2)5-16-3/h6,14H,4-5H2,1-3H3,(H,11,13,15). The van der Waals surface area contributed by atoms with Crippen LogP contribution in [0.1, 0.15) is 25.5 Å². The largest absolute Gasteiger partial charge is 0.494 e. The molecule has 1 aromatic heterocycles. The molecule has 0 saturated heterocycles. The molecule has 1 atom stereocenters. The summed E-state index contributed by atoms with van der Waals surface area (Å²) in [7, 11) is 1.50. The molecule has 0 saturated carbocycles. The number of H-pyrrole nitrogens is 1. The lowest BCUT2D eigenvalue weighted by Crippen LogP contribution is -2.34. The van der Waals surface area contributed by atoms with E-state index >= 15 is 0 Å². The van der Waals surface area contributed by atoms with Gasteiger partial charge in [-0.1, -0.05) is 6.92 Å². The summed E-state index contributed by atoms with van der Waals surface area (Å²) in [6, 6.07) is -0.334. The Bertz CT molecular complexity index is 475. The van der Waals surface area contributed by atoms with Crippen LogP contribution in [0.15, 0.2) is 9.59 Å². The lowest BCUT2D eigenvalue weighted by molar-refractivity contribution is 0.154. The van der Waals surface area contributed by atoms with E-state index in [0.29, 0.717) is 6.42 Å². The number of ether oxygens (including phenoxy) is 1. The summed E-state index contributed by atoms with van der Waals surface area (Å²) < 4.78 is 6.04. The summed E-state index contributed by atoms with van der Waals surface area (Å²) >= 11 is 0. The van der Waals surface area contributed by atoms with Gasteiger partial charge in [-0.15, -0.1) is 0 Å². The van der Waals surface area contributed by atoms with Crippen LogP contribution in [-0.4, -0.2) is 28.4 Å². The third-order valence-electron chi connectivity index (χ3n) is 2.41. The average molecular weight is 228 g/mol. The van der Waals surface area contributed by atoms with Crippen molar-refractivity contribution in [1.82, 2.24) is 9.55 Å². The topological polar surface area (TPSA) is 84.3 Å². The Kier molecular flexibility index (Phi) is 3.89. The summed E-state index contributed by atoms with van der Waals surface area (Å²) in [6.45, 7) is 3.74. The van der Waals surface area contributed by atoms with Gasteiger partial charge in [0.1, 0.15) is 0 Å². The number of aromatic hydroxyl groups is 1. The number of nitrogens with zero attached hydrogens (tertiary/aromatic N) is 1. The average Bonchev–Trinajstić information content (AvgIpc) is 2.17. The van der Waals surface area contributed by atoms with E-state index in [2.05, 4.69) is 4.98 Å². The van der Waals surface area contributed by atoms with Gasteiger partial charge in [-0.25, -0.2) is 4.79 Å². The monoisotopic (exact) mass is 228 g/mol. The van der Waals surface area contributed by atoms with E-state index in [0.717, 1.165) is 4.57 Å². The summed E-state index contributed by atoms with van der Waals surface area (Å²) in [6.07, 6.45) is 0.362. The molecule has 90 valence electrons. The predicted octanol–water partition coefficient (Wildman–Crippen LogP) is 0.0120. The fourth-order valence-corrected chi connectivity index (χ4v) is 1.62. The second-order valence-electron chi connectivity index (χ2n) is 3.59. The minimum Gasteiger partial charge on any atom is -0.494 e. The van der Waals surface area contributed by atoms with Crippen molar-refractivity contribution in [2.24, 2.45) is 0 Å². The molecular weight excluding hydrogens is 212 g/mol. The fourth-order valence-electron chi connectivity index (χ4n) is 1.62. The van der Waals surface area contributed by atoms with Crippen LogP contribution in [0.5, 0.6) is 5.88 Å². The summed E-state index contributed by atoms with van der Waals surface area (Å²) in [5, 5.41) is 9.83. The van der Waals surface area contributed by atoms with E-state index in [4.69, 9.17) is 4.74 Å². The highest BCUT2D eigenvalue weighted by molar-refractivity contribution is 5.22. The maximum absolute atomic E-state index is 11.5. The molecule has 0 spiro atoms. The number of methoxy groups -OCH3 is 1. The third kappa shape index (κ3) is 2.16. The SMILES string of the molecule is CCc1c(O)n(C(C)COC)c(=O)[nH]c1=O. The Morgan fingerprint density at radius 1 is 1.50 bits per heavy atom. The van der Waals surface area contributed by atoms with E-state index in [1.807, 2.05) is 0 Å². The van der Waals surface area contributed by atoms with Crippen LogP contribution in [0.2, 0.25) is 0 Å². The Morgan fingerprint density at radius 2 is 2.12 bits per heavy atom. The Hall–Kier alpha value is -1.56. The van der Waals surface area contributed by atoms with Gasteiger partial charge in [0.2, 0.25) is 5.88 Å². The quantitative estimate of drug-likeness (QED) is 0.760. The molecule has 1 heterocycles. The highest BCUT2D eigenvalue weighted by atomic mass is 16.5. The number of rotatable bonds is 4. The van der Waals surface area contributed by atoms with Crippen LogP contribution in [0, 0.1) is 0 Å². The van der Waals surface area contributed by atoms with Crippen LogP contribution < -0.4 is 11.2 Å². The maximum atomic E-state index is 11.5. The smallest absolute Gasteiger partial charge is 0.331 e. The first-order valence-corrected chi connectivity index (χ1v) is 5.08. The molecule has 0 aliphatic rings. The molecule has 1 aromatic rings. The summed E-state index contributed by atoms with van der Waals surface area (Å²) in [5.41, 5.74) is -0.947. The summed E-state index contributed by atoms with van der Waals surface area (Å²) in [4.78, 5) is 25.1. The maximum Gasteiger partial charge on any atom is 0.331 e. The molecule has 0 bridgehead atoms. The van der Waals surface area contributed by atoms with Crippen molar-refractivity contribution in [2.45, 2.75) is 26.3 Å². The molecule has 6 nitrogen and oxygen atoms in total. The second-order valence-corrected chi connectivity index (χ2v) is 3.59. The first kappa shape index (κ1) is 12.5. The zero-order valence-corrected chi connectivity index (χ0v) is 9.61. The molecule has 6 heteroatoms. The van der Waals surface area contributed by atoms with Gasteiger partial charge in [0.15, 0.2) is 0 Å². The van der Waals surface area contributed by atoms with Gasteiger partial charge in [-0.05, 0) is 13.3 Å². The van der Waals surface area contributed by atoms with Crippen LogP contribution in [0.3, 0.4) is 0 Å². The molecule has 0 aliphatic heterocycles. The lowest BCUT2D eigenvalue weighted by atomic mass is 10.2. The Morgan fingerprint density at radius 3 is 2.62 bits per heavy atom. The molecule has 1 rings (SSSR count). The van der Waals surface area contributed by atoms with Crippen LogP contribution in [-0.2, 0) is 11.2 Å². The van der Waals surface area contributed by atoms with E-state index in [-0.39, 0.29) is 24.1 Å². The molecule has 0 radical (unpaired) electrons. The number of aromatic nitrogens is 2. The van der Waals surface area contributed by atoms with E-state index in [1.54, 1.807) is 13.8 Å². The molecule has 16 heavy (non-hydrogen) atoms. The highest BCUT2D eigenvalue weighted by Gasteiger charge is 2.16. The van der Waals surface area contributed by atoms with Crippen LogP contribution in [0.25, 0.3) is 0 Å². The van der Waals surface area contributed by atoms with Gasteiger partial charge >= 0.3 is 5.69 Å². The third-order valence-corrected chi connectivity index (χ3v) is 2.41. The van der Waals surface area contributed by atoms with Crippen molar-refractivity contribution in [3.05, 3.63) is 26.4 Å². The Balaban J connectivity index is 3.39. The van der Waals surface area contributed by atoms with E-state index < -0.39 is 11.2 Å². The fraction of sp³-hybridized carbons (Fsp3) is 0.600. The van der Waals surface area contributed by atoms with Gasteiger partial charge in [0.25, 0.3) is 5.56 Å². The predicted molar refractivity (Wildman–Crippen MR) is 59.0 cm³/mol.